The molecule has 3 aromatic rings. The third-order valence-corrected chi connectivity index (χ3v) is 3.72. The summed E-state index contributed by atoms with van der Waals surface area (Å²) in [6.45, 7) is 7.31. The third-order valence-electron chi connectivity index (χ3n) is 3.72. The summed E-state index contributed by atoms with van der Waals surface area (Å²) in [6, 6.07) is 8.63. The van der Waals surface area contributed by atoms with Crippen molar-refractivity contribution < 1.29 is 13.9 Å². The summed E-state index contributed by atoms with van der Waals surface area (Å²) in [6.07, 6.45) is 2.94. The van der Waals surface area contributed by atoms with Crippen molar-refractivity contribution in [3.8, 4) is 0 Å². The highest BCUT2D eigenvalue weighted by Crippen LogP contribution is 2.25. The van der Waals surface area contributed by atoms with E-state index in [0.717, 1.165) is 10.8 Å². The molecule has 0 fully saturated rings. The third kappa shape index (κ3) is 2.34. The topological polar surface area (TPSA) is 56.5 Å². The van der Waals surface area contributed by atoms with Crippen LogP contribution in [0.1, 0.15) is 21.7 Å². The fourth-order valence-corrected chi connectivity index (χ4v) is 2.56. The molecule has 0 amide bonds. The van der Waals surface area contributed by atoms with Crippen LogP contribution in [0.15, 0.2) is 52.7 Å². The quantitative estimate of drug-likeness (QED) is 0.542. The molecule has 0 saturated heterocycles. The van der Waals surface area contributed by atoms with Gasteiger partial charge in [0.25, 0.3) is 0 Å². The Hall–Kier alpha value is -3.14. The smallest absolute Gasteiger partial charge is 0.337 e. The minimum absolute atomic E-state index is 0.179. The van der Waals surface area contributed by atoms with Crippen molar-refractivity contribution in [2.24, 2.45) is 0 Å². The van der Waals surface area contributed by atoms with Gasteiger partial charge in [-0.3, -0.25) is 4.79 Å². The van der Waals surface area contributed by atoms with Crippen molar-refractivity contribution in [1.82, 2.24) is 0 Å². The van der Waals surface area contributed by atoms with E-state index in [2.05, 4.69) is 13.2 Å². The molecule has 4 heteroatoms. The van der Waals surface area contributed by atoms with E-state index < -0.39 is 5.97 Å². The van der Waals surface area contributed by atoms with Crippen molar-refractivity contribution in [3.05, 3.63) is 70.6 Å². The molecule has 3 rings (SSSR count). The molecule has 0 N–H and O–H groups in total. The fraction of sp³-hybridized carbons (Fsp3) is 0.0526. The molecule has 0 aliphatic heterocycles. The zero-order chi connectivity index (χ0) is 16.6. The number of carbonyl (C=O) groups excluding carboxylic acids is 1. The zero-order valence-electron chi connectivity index (χ0n) is 12.6. The maximum atomic E-state index is 12.6. The van der Waals surface area contributed by atoms with E-state index in [4.69, 9.17) is 9.15 Å². The van der Waals surface area contributed by atoms with Gasteiger partial charge in [0, 0.05) is 0 Å². The molecule has 1 heterocycles. The van der Waals surface area contributed by atoms with Gasteiger partial charge in [-0.05, 0) is 41.1 Å². The first-order valence-corrected chi connectivity index (χ1v) is 6.97. The summed E-state index contributed by atoms with van der Waals surface area (Å²) in [5.41, 5.74) is 1.08. The number of esters is 1. The first-order valence-electron chi connectivity index (χ1n) is 6.97. The Bertz CT molecular complexity index is 1020. The molecule has 0 saturated carbocycles. The van der Waals surface area contributed by atoms with Gasteiger partial charge in [0.2, 0.25) is 5.43 Å². The first-order chi connectivity index (χ1) is 11.1. The van der Waals surface area contributed by atoms with E-state index in [-0.39, 0.29) is 5.43 Å². The van der Waals surface area contributed by atoms with E-state index in [0.29, 0.717) is 27.9 Å². The minimum Gasteiger partial charge on any atom is -0.465 e. The average Bonchev–Trinajstić information content (AvgIpc) is 2.59. The lowest BCUT2D eigenvalue weighted by molar-refractivity contribution is 0.0601. The normalized spacial score (nSPS) is 10.7. The van der Waals surface area contributed by atoms with Crippen molar-refractivity contribution in [1.29, 1.82) is 0 Å². The van der Waals surface area contributed by atoms with Crippen LogP contribution in [0.3, 0.4) is 0 Å². The summed E-state index contributed by atoms with van der Waals surface area (Å²) in [4.78, 5) is 24.2. The lowest BCUT2D eigenvalue weighted by Crippen LogP contribution is -2.07. The monoisotopic (exact) mass is 306 g/mol. The van der Waals surface area contributed by atoms with Crippen LogP contribution >= 0.6 is 0 Å². The van der Waals surface area contributed by atoms with Gasteiger partial charge >= 0.3 is 5.97 Å². The van der Waals surface area contributed by atoms with Crippen LogP contribution in [-0.2, 0) is 4.74 Å². The highest BCUT2D eigenvalue weighted by atomic mass is 16.5. The molecule has 23 heavy (non-hydrogen) atoms. The van der Waals surface area contributed by atoms with Gasteiger partial charge < -0.3 is 9.15 Å². The lowest BCUT2D eigenvalue weighted by Gasteiger charge is -2.06. The Morgan fingerprint density at radius 3 is 2.57 bits per heavy atom. The number of benzene rings is 2. The second-order valence-corrected chi connectivity index (χ2v) is 5.02. The van der Waals surface area contributed by atoms with E-state index in [1.807, 2.05) is 0 Å². The molecule has 114 valence electrons. The highest BCUT2D eigenvalue weighted by Gasteiger charge is 2.12. The molecule has 0 atom stereocenters. The van der Waals surface area contributed by atoms with E-state index in [1.165, 1.54) is 19.3 Å². The second-order valence-electron chi connectivity index (χ2n) is 5.02. The fourth-order valence-electron chi connectivity index (χ4n) is 2.56. The molecule has 4 nitrogen and oxygen atoms in total. The van der Waals surface area contributed by atoms with Crippen LogP contribution in [-0.4, -0.2) is 13.1 Å². The number of carbonyl (C=O) groups is 1. The van der Waals surface area contributed by atoms with Crippen LogP contribution in [0.2, 0.25) is 0 Å². The molecule has 0 radical (unpaired) electrons. The largest absolute Gasteiger partial charge is 0.465 e. The maximum Gasteiger partial charge on any atom is 0.337 e. The molecule has 0 unspecified atom stereocenters. The van der Waals surface area contributed by atoms with E-state index in [1.54, 1.807) is 30.3 Å². The number of ether oxygens (including phenoxy) is 1. The summed E-state index contributed by atoms with van der Waals surface area (Å²) in [5.74, 6) is -0.0316. The highest BCUT2D eigenvalue weighted by molar-refractivity contribution is 6.00. The van der Waals surface area contributed by atoms with Gasteiger partial charge in [0.15, 0.2) is 0 Å². The summed E-state index contributed by atoms with van der Waals surface area (Å²) in [7, 11) is 1.33. The SMILES string of the molecule is C=Cc1oc2cc3ccc(C(=O)OC)cc3cc2c(=O)c1C=C. The summed E-state index contributed by atoms with van der Waals surface area (Å²) >= 11 is 0. The van der Waals surface area contributed by atoms with Crippen molar-refractivity contribution in [2.75, 3.05) is 7.11 Å². The number of fused-ring (bicyclic) bond motifs is 2. The predicted molar refractivity (Wildman–Crippen MR) is 91.5 cm³/mol. The number of hydrogen-bond acceptors (Lipinski definition) is 4. The molecule has 0 bridgehead atoms. The minimum atomic E-state index is -0.423. The first kappa shape index (κ1) is 14.8. The van der Waals surface area contributed by atoms with Gasteiger partial charge in [0.05, 0.1) is 23.6 Å². The molecule has 2 aromatic carbocycles. The second kappa shape index (κ2) is 5.57. The Morgan fingerprint density at radius 2 is 1.91 bits per heavy atom. The molecule has 0 aliphatic carbocycles. The molecule has 0 spiro atoms. The van der Waals surface area contributed by atoms with Crippen LogP contribution in [0, 0.1) is 0 Å². The number of hydrogen-bond donors (Lipinski definition) is 0. The van der Waals surface area contributed by atoms with Crippen molar-refractivity contribution in [3.63, 3.8) is 0 Å². The summed E-state index contributed by atoms with van der Waals surface area (Å²) in [5, 5.41) is 2.05. The van der Waals surface area contributed by atoms with Crippen LogP contribution in [0.5, 0.6) is 0 Å². The average molecular weight is 306 g/mol. The maximum absolute atomic E-state index is 12.6. The Morgan fingerprint density at radius 1 is 1.13 bits per heavy atom. The Kier molecular flexibility index (Phi) is 3.58. The van der Waals surface area contributed by atoms with Gasteiger partial charge in [-0.1, -0.05) is 25.3 Å². The van der Waals surface area contributed by atoms with Crippen LogP contribution in [0.25, 0.3) is 33.9 Å². The number of rotatable bonds is 3. The van der Waals surface area contributed by atoms with Crippen LogP contribution in [0.4, 0.5) is 0 Å². The van der Waals surface area contributed by atoms with Crippen LogP contribution < -0.4 is 5.43 Å². The van der Waals surface area contributed by atoms with Crippen molar-refractivity contribution in [2.45, 2.75) is 0 Å². The number of methoxy groups -OCH3 is 1. The zero-order valence-corrected chi connectivity index (χ0v) is 12.6. The molecule has 0 aliphatic rings. The Balaban J connectivity index is 2.38. The van der Waals surface area contributed by atoms with Gasteiger partial charge in [0.1, 0.15) is 11.3 Å². The van der Waals surface area contributed by atoms with E-state index in [9.17, 15) is 9.59 Å². The summed E-state index contributed by atoms with van der Waals surface area (Å²) < 4.78 is 10.5. The molecule has 1 aromatic heterocycles. The lowest BCUT2D eigenvalue weighted by atomic mass is 10.0. The Labute approximate surface area is 132 Å². The molecular weight excluding hydrogens is 292 g/mol. The van der Waals surface area contributed by atoms with Crippen molar-refractivity contribution >= 4 is 39.9 Å². The van der Waals surface area contributed by atoms with Gasteiger partial charge in [-0.15, -0.1) is 0 Å². The van der Waals surface area contributed by atoms with Gasteiger partial charge in [-0.25, -0.2) is 4.79 Å². The molecular formula is C19H14O4. The standard InChI is InChI=1S/C19H14O4/c1-4-14-16(5-2)23-17-10-11-6-7-12(19(21)22-3)8-13(11)9-15(17)18(14)20/h4-10H,1-2H2,3H3. The van der Waals surface area contributed by atoms with E-state index >= 15 is 0 Å². The van der Waals surface area contributed by atoms with Gasteiger partial charge in [-0.2, -0.15) is 0 Å². The predicted octanol–water partition coefficient (Wildman–Crippen LogP) is 4.02.